The summed E-state index contributed by atoms with van der Waals surface area (Å²) in [5, 5.41) is 15.0. The van der Waals surface area contributed by atoms with Gasteiger partial charge < -0.3 is 10.2 Å². The number of nitrogens with one attached hydrogen (secondary N) is 1. The number of nitro groups is 1. The van der Waals surface area contributed by atoms with Gasteiger partial charge >= 0.3 is 0 Å². The van der Waals surface area contributed by atoms with E-state index in [9.17, 15) is 10.1 Å². The van der Waals surface area contributed by atoms with Gasteiger partial charge in [0.25, 0.3) is 5.69 Å². The minimum absolute atomic E-state index is 0. The minimum atomic E-state index is -0.404. The largest absolute Gasteiger partial charge is 0.384 e. The standard InChI is InChI=1S/C14H18N4O2.ClH/c1-17(2)9-3-7-15-13-6-8-16-14-10-11(18(19)20)4-5-12(13)14;/h4-6,8,10H,3,7,9H2,1-2H3,(H,15,16);1H. The summed E-state index contributed by atoms with van der Waals surface area (Å²) in [4.78, 5) is 16.7. The topological polar surface area (TPSA) is 71.3 Å². The lowest BCUT2D eigenvalue weighted by Gasteiger charge is -2.12. The molecule has 1 aromatic heterocycles. The Morgan fingerprint density at radius 1 is 1.33 bits per heavy atom. The van der Waals surface area contributed by atoms with Crippen LogP contribution in [0.15, 0.2) is 30.5 Å². The van der Waals surface area contributed by atoms with Crippen molar-refractivity contribution in [1.82, 2.24) is 9.88 Å². The van der Waals surface area contributed by atoms with Crippen molar-refractivity contribution in [2.45, 2.75) is 6.42 Å². The highest BCUT2D eigenvalue weighted by atomic mass is 35.5. The van der Waals surface area contributed by atoms with Gasteiger partial charge in [-0.3, -0.25) is 15.1 Å². The van der Waals surface area contributed by atoms with Gasteiger partial charge in [-0.05, 0) is 39.2 Å². The number of nitrogens with zero attached hydrogens (tertiary/aromatic N) is 3. The van der Waals surface area contributed by atoms with Crippen LogP contribution in [0.2, 0.25) is 0 Å². The summed E-state index contributed by atoms with van der Waals surface area (Å²) < 4.78 is 0. The van der Waals surface area contributed by atoms with Crippen molar-refractivity contribution < 1.29 is 4.92 Å². The fourth-order valence-corrected chi connectivity index (χ4v) is 2.02. The number of rotatable bonds is 6. The molecule has 0 bridgehead atoms. The molecule has 0 spiro atoms. The first-order chi connectivity index (χ1) is 9.58. The lowest BCUT2D eigenvalue weighted by molar-refractivity contribution is -0.384. The third-order valence-electron chi connectivity index (χ3n) is 3.03. The number of benzene rings is 1. The van der Waals surface area contributed by atoms with Crippen molar-refractivity contribution in [3.63, 3.8) is 0 Å². The van der Waals surface area contributed by atoms with Crippen LogP contribution >= 0.6 is 12.4 Å². The molecule has 0 fully saturated rings. The third-order valence-corrected chi connectivity index (χ3v) is 3.03. The highest BCUT2D eigenvalue weighted by molar-refractivity contribution is 5.92. The van der Waals surface area contributed by atoms with E-state index in [4.69, 9.17) is 0 Å². The lowest BCUT2D eigenvalue weighted by atomic mass is 10.1. The van der Waals surface area contributed by atoms with E-state index in [-0.39, 0.29) is 18.1 Å². The van der Waals surface area contributed by atoms with Crippen molar-refractivity contribution in [2.75, 3.05) is 32.5 Å². The highest BCUT2D eigenvalue weighted by Crippen LogP contribution is 2.25. The van der Waals surface area contributed by atoms with Crippen molar-refractivity contribution in [2.24, 2.45) is 0 Å². The molecule has 0 saturated carbocycles. The highest BCUT2D eigenvalue weighted by Gasteiger charge is 2.08. The maximum atomic E-state index is 10.8. The number of fused-ring (bicyclic) bond motifs is 1. The summed E-state index contributed by atoms with van der Waals surface area (Å²) >= 11 is 0. The molecule has 21 heavy (non-hydrogen) atoms. The second-order valence-electron chi connectivity index (χ2n) is 4.90. The van der Waals surface area contributed by atoms with Gasteiger partial charge in [0.2, 0.25) is 0 Å². The quantitative estimate of drug-likeness (QED) is 0.504. The molecule has 0 atom stereocenters. The third kappa shape index (κ3) is 4.54. The second kappa shape index (κ2) is 7.75. The Balaban J connectivity index is 0.00000220. The van der Waals surface area contributed by atoms with Gasteiger partial charge in [-0.2, -0.15) is 0 Å². The number of non-ortho nitro benzene ring substituents is 1. The van der Waals surface area contributed by atoms with Crippen LogP contribution in [-0.4, -0.2) is 42.0 Å². The molecule has 2 rings (SSSR count). The first kappa shape index (κ1) is 17.1. The van der Waals surface area contributed by atoms with Gasteiger partial charge in [0.1, 0.15) is 0 Å². The number of hydrogen-bond acceptors (Lipinski definition) is 5. The molecule has 0 aliphatic carbocycles. The number of halogens is 1. The van der Waals surface area contributed by atoms with Crippen LogP contribution in [-0.2, 0) is 0 Å². The maximum absolute atomic E-state index is 10.8. The van der Waals surface area contributed by atoms with E-state index in [1.165, 1.54) is 12.1 Å². The first-order valence-electron chi connectivity index (χ1n) is 6.49. The Morgan fingerprint density at radius 2 is 2.10 bits per heavy atom. The van der Waals surface area contributed by atoms with E-state index in [0.29, 0.717) is 5.52 Å². The molecule has 0 unspecified atom stereocenters. The molecule has 1 heterocycles. The van der Waals surface area contributed by atoms with E-state index in [0.717, 1.165) is 30.6 Å². The van der Waals surface area contributed by atoms with Crippen LogP contribution in [0, 0.1) is 10.1 Å². The molecule has 6 nitrogen and oxygen atoms in total. The molecule has 1 N–H and O–H groups in total. The molecule has 7 heteroatoms. The smallest absolute Gasteiger partial charge is 0.271 e. The predicted molar refractivity (Wildman–Crippen MR) is 87.3 cm³/mol. The van der Waals surface area contributed by atoms with E-state index in [1.807, 2.05) is 20.2 Å². The van der Waals surface area contributed by atoms with E-state index >= 15 is 0 Å². The fourth-order valence-electron chi connectivity index (χ4n) is 2.02. The van der Waals surface area contributed by atoms with Gasteiger partial charge in [0.05, 0.1) is 10.4 Å². The molecule has 0 radical (unpaired) electrons. The molecule has 0 aliphatic rings. The Bertz CT molecular complexity index is 619. The minimum Gasteiger partial charge on any atom is -0.384 e. The number of hydrogen-bond donors (Lipinski definition) is 1. The molecular formula is C14H19ClN4O2. The van der Waals surface area contributed by atoms with Crippen molar-refractivity contribution in [3.8, 4) is 0 Å². The van der Waals surface area contributed by atoms with Crippen LogP contribution in [0.5, 0.6) is 0 Å². The van der Waals surface area contributed by atoms with Crippen LogP contribution in [0.3, 0.4) is 0 Å². The van der Waals surface area contributed by atoms with Gasteiger partial charge in [-0.15, -0.1) is 12.4 Å². The Morgan fingerprint density at radius 3 is 2.76 bits per heavy atom. The molecule has 2 aromatic rings. The van der Waals surface area contributed by atoms with Crippen LogP contribution in [0.1, 0.15) is 6.42 Å². The summed E-state index contributed by atoms with van der Waals surface area (Å²) in [7, 11) is 4.09. The summed E-state index contributed by atoms with van der Waals surface area (Å²) in [6.07, 6.45) is 2.70. The number of anilines is 1. The van der Waals surface area contributed by atoms with Crippen LogP contribution < -0.4 is 5.32 Å². The summed E-state index contributed by atoms with van der Waals surface area (Å²) in [5.74, 6) is 0. The molecule has 0 amide bonds. The maximum Gasteiger partial charge on any atom is 0.271 e. The van der Waals surface area contributed by atoms with Crippen LogP contribution in [0.25, 0.3) is 10.9 Å². The Kier molecular flexibility index (Phi) is 6.33. The number of nitro benzene ring substituents is 1. The molecule has 0 aliphatic heterocycles. The van der Waals surface area contributed by atoms with Gasteiger partial charge in [-0.25, -0.2) is 0 Å². The van der Waals surface area contributed by atoms with Gasteiger partial charge in [0.15, 0.2) is 0 Å². The average molecular weight is 311 g/mol. The van der Waals surface area contributed by atoms with E-state index in [1.54, 1.807) is 12.3 Å². The van der Waals surface area contributed by atoms with Gasteiger partial charge in [0, 0.05) is 35.9 Å². The molecule has 0 saturated heterocycles. The number of aromatic nitrogens is 1. The molecule has 114 valence electrons. The van der Waals surface area contributed by atoms with Crippen molar-refractivity contribution in [1.29, 1.82) is 0 Å². The van der Waals surface area contributed by atoms with Crippen molar-refractivity contribution >= 4 is 34.7 Å². The SMILES string of the molecule is CN(C)CCCNc1ccnc2cc([N+](=O)[O-])ccc12.Cl. The predicted octanol–water partition coefficient (Wildman–Crippen LogP) is 2.93. The zero-order valence-electron chi connectivity index (χ0n) is 12.1. The van der Waals surface area contributed by atoms with Crippen molar-refractivity contribution in [3.05, 3.63) is 40.6 Å². The first-order valence-corrected chi connectivity index (χ1v) is 6.49. The van der Waals surface area contributed by atoms with E-state index < -0.39 is 4.92 Å². The summed E-state index contributed by atoms with van der Waals surface area (Å²) in [6.45, 7) is 1.87. The average Bonchev–Trinajstić information content (AvgIpc) is 2.42. The zero-order chi connectivity index (χ0) is 14.5. The summed E-state index contributed by atoms with van der Waals surface area (Å²) in [5.41, 5.74) is 1.66. The lowest BCUT2D eigenvalue weighted by Crippen LogP contribution is -2.16. The zero-order valence-corrected chi connectivity index (χ0v) is 12.9. The second-order valence-corrected chi connectivity index (χ2v) is 4.90. The van der Waals surface area contributed by atoms with Crippen LogP contribution in [0.4, 0.5) is 11.4 Å². The normalized spacial score (nSPS) is 10.4. The fraction of sp³-hybridized carbons (Fsp3) is 0.357. The molecular weight excluding hydrogens is 292 g/mol. The Hall–Kier alpha value is -1.92. The Labute approximate surface area is 129 Å². The number of pyridine rings is 1. The molecule has 1 aromatic carbocycles. The van der Waals surface area contributed by atoms with Gasteiger partial charge in [-0.1, -0.05) is 0 Å². The van der Waals surface area contributed by atoms with E-state index in [2.05, 4.69) is 15.2 Å². The summed E-state index contributed by atoms with van der Waals surface area (Å²) in [6, 6.07) is 6.65. The monoisotopic (exact) mass is 310 g/mol.